The molecule has 1 aromatic carbocycles. The normalized spacial score (nSPS) is 11.9. The first-order valence-electron chi connectivity index (χ1n) is 4.82. The number of ketones is 1. The first-order chi connectivity index (χ1) is 7.82. The number of carboxylic acid groups (broad SMARTS) is 1. The van der Waals surface area contributed by atoms with E-state index in [0.717, 1.165) is 0 Å². The first kappa shape index (κ1) is 13.5. The Hall–Kier alpha value is -1.56. The highest BCUT2D eigenvalue weighted by atomic mass is 79.9. The summed E-state index contributed by atoms with van der Waals surface area (Å²) in [4.78, 5) is 22.1. The van der Waals surface area contributed by atoms with Crippen molar-refractivity contribution in [2.45, 2.75) is 20.0 Å². The van der Waals surface area contributed by atoms with Gasteiger partial charge >= 0.3 is 5.97 Å². The third-order valence-corrected chi connectivity index (χ3v) is 2.56. The molecule has 1 aromatic rings. The molecule has 0 amide bonds. The second kappa shape index (κ2) is 5.18. The van der Waals surface area contributed by atoms with E-state index in [2.05, 4.69) is 15.9 Å². The predicted molar refractivity (Wildman–Crippen MR) is 66.3 cm³/mol. The van der Waals surface area contributed by atoms with Crippen LogP contribution in [0.5, 0.6) is 5.75 Å². The summed E-state index contributed by atoms with van der Waals surface area (Å²) in [6.45, 7) is 2.73. The van der Waals surface area contributed by atoms with Gasteiger partial charge in [0.15, 0.2) is 17.6 Å². The molecule has 0 bridgehead atoms. The lowest BCUT2D eigenvalue weighted by Gasteiger charge is -2.15. The maximum Gasteiger partial charge on any atom is 0.344 e. The smallest absolute Gasteiger partial charge is 0.344 e. The number of hydrogen-bond donors (Lipinski definition) is 2. The minimum atomic E-state index is -1.12. The quantitative estimate of drug-likeness (QED) is 0.656. The number of rotatable bonds is 4. The highest BCUT2D eigenvalue weighted by Gasteiger charge is 2.19. The van der Waals surface area contributed by atoms with E-state index >= 15 is 0 Å². The Bertz CT molecular complexity index is 473. The van der Waals surface area contributed by atoms with E-state index in [1.807, 2.05) is 0 Å². The van der Waals surface area contributed by atoms with Crippen molar-refractivity contribution in [1.29, 1.82) is 0 Å². The zero-order valence-corrected chi connectivity index (χ0v) is 10.9. The van der Waals surface area contributed by atoms with Crippen LogP contribution in [0.3, 0.4) is 0 Å². The summed E-state index contributed by atoms with van der Waals surface area (Å²) >= 11 is 3.21. The fourth-order valence-electron chi connectivity index (χ4n) is 1.23. The highest BCUT2D eigenvalue weighted by Crippen LogP contribution is 2.31. The van der Waals surface area contributed by atoms with Gasteiger partial charge in [0.05, 0.1) is 11.3 Å². The van der Waals surface area contributed by atoms with Crippen molar-refractivity contribution < 1.29 is 19.4 Å². The standard InChI is InChI=1S/C11H12BrNO4/c1-5(14)8-3-7(12)4-9(13)10(8)17-6(2)11(15)16/h3-4,6H,13H2,1-2H3,(H,15,16). The molecule has 0 aromatic heterocycles. The molecule has 0 heterocycles. The Morgan fingerprint density at radius 2 is 2.06 bits per heavy atom. The minimum Gasteiger partial charge on any atom is -0.479 e. The number of carbonyl (C=O) groups is 2. The molecule has 0 aliphatic heterocycles. The lowest BCUT2D eigenvalue weighted by Crippen LogP contribution is -2.24. The third-order valence-electron chi connectivity index (χ3n) is 2.10. The summed E-state index contributed by atoms with van der Waals surface area (Å²) in [5.74, 6) is -1.26. The van der Waals surface area contributed by atoms with Crippen LogP contribution in [0, 0.1) is 0 Å². The number of anilines is 1. The molecular formula is C11H12BrNO4. The molecule has 0 aliphatic carbocycles. The lowest BCUT2D eigenvalue weighted by molar-refractivity contribution is -0.144. The van der Waals surface area contributed by atoms with Gasteiger partial charge in [-0.3, -0.25) is 4.79 Å². The zero-order valence-electron chi connectivity index (χ0n) is 9.36. The minimum absolute atomic E-state index is 0.107. The topological polar surface area (TPSA) is 89.6 Å². The van der Waals surface area contributed by atoms with Crippen LogP contribution >= 0.6 is 15.9 Å². The maximum atomic E-state index is 11.4. The molecule has 1 rings (SSSR count). The monoisotopic (exact) mass is 301 g/mol. The fourth-order valence-corrected chi connectivity index (χ4v) is 1.71. The van der Waals surface area contributed by atoms with Crippen LogP contribution < -0.4 is 10.5 Å². The van der Waals surface area contributed by atoms with Gasteiger partial charge in [0.25, 0.3) is 0 Å². The molecule has 92 valence electrons. The van der Waals surface area contributed by atoms with Crippen molar-refractivity contribution in [2.24, 2.45) is 0 Å². The fraction of sp³-hybridized carbons (Fsp3) is 0.273. The number of halogens is 1. The van der Waals surface area contributed by atoms with E-state index in [0.29, 0.717) is 4.47 Å². The largest absolute Gasteiger partial charge is 0.479 e. The van der Waals surface area contributed by atoms with E-state index in [1.54, 1.807) is 12.1 Å². The molecule has 0 saturated carbocycles. The second-order valence-corrected chi connectivity index (χ2v) is 4.44. The molecule has 1 unspecified atom stereocenters. The third kappa shape index (κ3) is 3.20. The van der Waals surface area contributed by atoms with Crippen molar-refractivity contribution in [3.63, 3.8) is 0 Å². The second-order valence-electron chi connectivity index (χ2n) is 3.53. The van der Waals surface area contributed by atoms with Gasteiger partial charge in [-0.25, -0.2) is 4.79 Å². The predicted octanol–water partition coefficient (Wildman–Crippen LogP) is 2.09. The molecule has 5 nitrogen and oxygen atoms in total. The number of carbonyl (C=O) groups excluding carboxylic acids is 1. The molecule has 0 radical (unpaired) electrons. The SMILES string of the molecule is CC(=O)c1cc(Br)cc(N)c1OC(C)C(=O)O. The average molecular weight is 302 g/mol. The number of nitrogens with two attached hydrogens (primary N) is 1. The number of benzene rings is 1. The Morgan fingerprint density at radius 1 is 1.47 bits per heavy atom. The number of aliphatic carboxylic acids is 1. The summed E-state index contributed by atoms with van der Waals surface area (Å²) in [5.41, 5.74) is 6.18. The molecule has 17 heavy (non-hydrogen) atoms. The van der Waals surface area contributed by atoms with Gasteiger partial charge in [-0.15, -0.1) is 0 Å². The molecule has 6 heteroatoms. The summed E-state index contributed by atoms with van der Waals surface area (Å²) in [5, 5.41) is 8.76. The molecule has 3 N–H and O–H groups in total. The molecule has 0 spiro atoms. The summed E-state index contributed by atoms with van der Waals surface area (Å²) in [7, 11) is 0. The van der Waals surface area contributed by atoms with E-state index in [4.69, 9.17) is 15.6 Å². The maximum absolute atomic E-state index is 11.4. The van der Waals surface area contributed by atoms with Crippen LogP contribution in [0.15, 0.2) is 16.6 Å². The zero-order chi connectivity index (χ0) is 13.2. The number of hydrogen-bond acceptors (Lipinski definition) is 4. The number of ether oxygens (including phenoxy) is 1. The van der Waals surface area contributed by atoms with Crippen molar-refractivity contribution in [3.05, 3.63) is 22.2 Å². The Labute approximate surface area is 107 Å². The van der Waals surface area contributed by atoms with E-state index in [1.165, 1.54) is 13.8 Å². The van der Waals surface area contributed by atoms with Crippen molar-refractivity contribution in [2.75, 3.05) is 5.73 Å². The Morgan fingerprint density at radius 3 is 2.53 bits per heavy atom. The van der Waals surface area contributed by atoms with Crippen LogP contribution in [0.4, 0.5) is 5.69 Å². The van der Waals surface area contributed by atoms with Gasteiger partial charge < -0.3 is 15.6 Å². The van der Waals surface area contributed by atoms with Gasteiger partial charge in [-0.2, -0.15) is 0 Å². The van der Waals surface area contributed by atoms with Gasteiger partial charge in [-0.1, -0.05) is 15.9 Å². The van der Waals surface area contributed by atoms with Gasteiger partial charge in [0.1, 0.15) is 0 Å². The van der Waals surface area contributed by atoms with Crippen molar-refractivity contribution >= 4 is 33.4 Å². The van der Waals surface area contributed by atoms with Crippen LogP contribution in [0.25, 0.3) is 0 Å². The summed E-state index contributed by atoms with van der Waals surface area (Å²) in [6.07, 6.45) is -1.07. The summed E-state index contributed by atoms with van der Waals surface area (Å²) in [6, 6.07) is 3.10. The molecule has 1 atom stereocenters. The van der Waals surface area contributed by atoms with Gasteiger partial charge in [-0.05, 0) is 26.0 Å². The Balaban J connectivity index is 3.21. The average Bonchev–Trinajstić information content (AvgIpc) is 2.20. The van der Waals surface area contributed by atoms with Crippen LogP contribution in [0.1, 0.15) is 24.2 Å². The van der Waals surface area contributed by atoms with E-state index < -0.39 is 12.1 Å². The molecular weight excluding hydrogens is 290 g/mol. The lowest BCUT2D eigenvalue weighted by atomic mass is 10.1. The molecule has 0 aliphatic rings. The van der Waals surface area contributed by atoms with Gasteiger partial charge in [0.2, 0.25) is 0 Å². The number of Topliss-reactive ketones (excluding diaryl/α,β-unsaturated/α-hetero) is 1. The van der Waals surface area contributed by atoms with Crippen LogP contribution in [-0.2, 0) is 4.79 Å². The number of carboxylic acids is 1. The van der Waals surface area contributed by atoms with E-state index in [-0.39, 0.29) is 22.8 Å². The molecule has 0 fully saturated rings. The highest BCUT2D eigenvalue weighted by molar-refractivity contribution is 9.10. The first-order valence-corrected chi connectivity index (χ1v) is 5.61. The molecule has 0 saturated heterocycles. The van der Waals surface area contributed by atoms with E-state index in [9.17, 15) is 9.59 Å². The van der Waals surface area contributed by atoms with Crippen LogP contribution in [0.2, 0.25) is 0 Å². The van der Waals surface area contributed by atoms with Crippen LogP contribution in [-0.4, -0.2) is 23.0 Å². The summed E-state index contributed by atoms with van der Waals surface area (Å²) < 4.78 is 5.82. The number of nitrogen functional groups attached to an aromatic ring is 1. The van der Waals surface area contributed by atoms with Gasteiger partial charge in [0, 0.05) is 4.47 Å². The van der Waals surface area contributed by atoms with Crippen molar-refractivity contribution in [1.82, 2.24) is 0 Å². The Kier molecular flexibility index (Phi) is 4.11. The van der Waals surface area contributed by atoms with Crippen molar-refractivity contribution in [3.8, 4) is 5.75 Å².